The van der Waals surface area contributed by atoms with Gasteiger partial charge in [0.05, 0.1) is 0 Å². The Bertz CT molecular complexity index is 648. The van der Waals surface area contributed by atoms with Crippen molar-refractivity contribution >= 4 is 17.3 Å². The zero-order chi connectivity index (χ0) is 13.1. The summed E-state index contributed by atoms with van der Waals surface area (Å²) in [5, 5.41) is 0.780. The standard InChI is InChI=1S/C16H14ClN/c1-11-9-16(17)12(2)8-14(11)7-6-13-4-3-5-15(18)10-13/h3-5,8-10H,18H2,1-2H3. The molecule has 2 aromatic carbocycles. The van der Waals surface area contributed by atoms with Crippen LogP contribution in [0.5, 0.6) is 0 Å². The zero-order valence-electron chi connectivity index (χ0n) is 10.4. The molecule has 0 heterocycles. The van der Waals surface area contributed by atoms with E-state index in [1.54, 1.807) is 0 Å². The van der Waals surface area contributed by atoms with Crippen molar-refractivity contribution < 1.29 is 0 Å². The van der Waals surface area contributed by atoms with E-state index in [1.807, 2.05) is 50.2 Å². The van der Waals surface area contributed by atoms with E-state index in [1.165, 1.54) is 0 Å². The lowest BCUT2D eigenvalue weighted by molar-refractivity contribution is 1.37. The number of benzene rings is 2. The molecule has 1 nitrogen and oxygen atoms in total. The Labute approximate surface area is 113 Å². The van der Waals surface area contributed by atoms with Gasteiger partial charge in [-0.05, 0) is 55.3 Å². The molecule has 0 radical (unpaired) electrons. The summed E-state index contributed by atoms with van der Waals surface area (Å²) >= 11 is 6.06. The molecule has 0 bridgehead atoms. The molecule has 0 aliphatic carbocycles. The molecule has 2 rings (SSSR count). The van der Waals surface area contributed by atoms with Crippen molar-refractivity contribution in [2.24, 2.45) is 0 Å². The highest BCUT2D eigenvalue weighted by atomic mass is 35.5. The Hall–Kier alpha value is -1.91. The lowest BCUT2D eigenvalue weighted by Crippen LogP contribution is -1.87. The molecule has 2 N–H and O–H groups in total. The van der Waals surface area contributed by atoms with Crippen molar-refractivity contribution in [3.05, 3.63) is 63.7 Å². The number of halogens is 1. The van der Waals surface area contributed by atoms with Crippen LogP contribution in [0.2, 0.25) is 5.02 Å². The van der Waals surface area contributed by atoms with Crippen LogP contribution in [0.1, 0.15) is 22.3 Å². The summed E-state index contributed by atoms with van der Waals surface area (Å²) < 4.78 is 0. The molecular formula is C16H14ClN. The fraction of sp³-hybridized carbons (Fsp3) is 0.125. The zero-order valence-corrected chi connectivity index (χ0v) is 11.2. The molecule has 0 aromatic heterocycles. The minimum atomic E-state index is 0.728. The van der Waals surface area contributed by atoms with Gasteiger partial charge in [0.25, 0.3) is 0 Å². The van der Waals surface area contributed by atoms with Crippen molar-refractivity contribution in [1.82, 2.24) is 0 Å². The van der Waals surface area contributed by atoms with E-state index in [0.29, 0.717) is 0 Å². The first-order chi connectivity index (χ1) is 8.56. The van der Waals surface area contributed by atoms with Crippen molar-refractivity contribution in [2.45, 2.75) is 13.8 Å². The van der Waals surface area contributed by atoms with Gasteiger partial charge in [0.15, 0.2) is 0 Å². The maximum atomic E-state index is 6.06. The third kappa shape index (κ3) is 2.85. The monoisotopic (exact) mass is 255 g/mol. The Morgan fingerprint density at radius 3 is 2.50 bits per heavy atom. The molecule has 2 aromatic rings. The summed E-state index contributed by atoms with van der Waals surface area (Å²) in [6.45, 7) is 3.99. The van der Waals surface area contributed by atoms with Crippen molar-refractivity contribution in [2.75, 3.05) is 5.73 Å². The third-order valence-electron chi connectivity index (χ3n) is 2.73. The van der Waals surface area contributed by atoms with Gasteiger partial charge in [-0.15, -0.1) is 0 Å². The van der Waals surface area contributed by atoms with Gasteiger partial charge in [-0.25, -0.2) is 0 Å². The second kappa shape index (κ2) is 5.16. The van der Waals surface area contributed by atoms with E-state index in [4.69, 9.17) is 17.3 Å². The minimum absolute atomic E-state index is 0.728. The van der Waals surface area contributed by atoms with E-state index in [2.05, 4.69) is 11.8 Å². The Balaban J connectivity index is 2.38. The number of nitrogen functional groups attached to an aromatic ring is 1. The molecule has 18 heavy (non-hydrogen) atoms. The van der Waals surface area contributed by atoms with Gasteiger partial charge >= 0.3 is 0 Å². The third-order valence-corrected chi connectivity index (χ3v) is 3.14. The van der Waals surface area contributed by atoms with E-state index in [0.717, 1.165) is 33.0 Å². The first-order valence-electron chi connectivity index (χ1n) is 5.70. The fourth-order valence-electron chi connectivity index (χ4n) is 1.67. The average Bonchev–Trinajstić information content (AvgIpc) is 2.32. The molecule has 0 spiro atoms. The molecule has 0 atom stereocenters. The summed E-state index contributed by atoms with van der Waals surface area (Å²) in [5.41, 5.74) is 10.5. The lowest BCUT2D eigenvalue weighted by atomic mass is 10.1. The van der Waals surface area contributed by atoms with Crippen molar-refractivity contribution in [1.29, 1.82) is 0 Å². The van der Waals surface area contributed by atoms with E-state index in [-0.39, 0.29) is 0 Å². The van der Waals surface area contributed by atoms with Gasteiger partial charge in [-0.3, -0.25) is 0 Å². The molecule has 90 valence electrons. The predicted octanol–water partition coefficient (Wildman–Crippen LogP) is 3.94. The molecule has 0 fully saturated rings. The number of hydrogen-bond acceptors (Lipinski definition) is 1. The van der Waals surface area contributed by atoms with Gasteiger partial charge < -0.3 is 5.73 Å². The second-order valence-corrected chi connectivity index (χ2v) is 4.70. The first-order valence-corrected chi connectivity index (χ1v) is 6.08. The highest BCUT2D eigenvalue weighted by Gasteiger charge is 2.00. The maximum absolute atomic E-state index is 6.06. The number of anilines is 1. The Morgan fingerprint density at radius 2 is 1.78 bits per heavy atom. The first kappa shape index (κ1) is 12.5. The van der Waals surface area contributed by atoms with Gasteiger partial charge in [0.1, 0.15) is 0 Å². The second-order valence-electron chi connectivity index (χ2n) is 4.29. The van der Waals surface area contributed by atoms with Gasteiger partial charge in [-0.1, -0.05) is 29.5 Å². The van der Waals surface area contributed by atoms with Crippen molar-refractivity contribution in [3.63, 3.8) is 0 Å². The van der Waals surface area contributed by atoms with Crippen LogP contribution >= 0.6 is 11.6 Å². The molecule has 2 heteroatoms. The highest BCUT2D eigenvalue weighted by Crippen LogP contribution is 2.19. The molecular weight excluding hydrogens is 242 g/mol. The Morgan fingerprint density at radius 1 is 1.00 bits per heavy atom. The predicted molar refractivity (Wildman–Crippen MR) is 77.8 cm³/mol. The van der Waals surface area contributed by atoms with Gasteiger partial charge in [0.2, 0.25) is 0 Å². The molecule has 0 aliphatic heterocycles. The topological polar surface area (TPSA) is 26.0 Å². The average molecular weight is 256 g/mol. The molecule has 0 unspecified atom stereocenters. The van der Waals surface area contributed by atoms with Crippen LogP contribution in [0.4, 0.5) is 5.69 Å². The van der Waals surface area contributed by atoms with Crippen LogP contribution in [0.25, 0.3) is 0 Å². The van der Waals surface area contributed by atoms with Crippen LogP contribution in [-0.4, -0.2) is 0 Å². The normalized spacial score (nSPS) is 9.72. The summed E-state index contributed by atoms with van der Waals surface area (Å²) in [4.78, 5) is 0. The lowest BCUT2D eigenvalue weighted by Gasteiger charge is -2.02. The van der Waals surface area contributed by atoms with Crippen LogP contribution < -0.4 is 5.73 Å². The maximum Gasteiger partial charge on any atom is 0.0438 e. The van der Waals surface area contributed by atoms with Crippen LogP contribution in [0, 0.1) is 25.7 Å². The largest absolute Gasteiger partial charge is 0.399 e. The van der Waals surface area contributed by atoms with Crippen molar-refractivity contribution in [3.8, 4) is 11.8 Å². The highest BCUT2D eigenvalue weighted by molar-refractivity contribution is 6.31. The SMILES string of the molecule is Cc1cc(C#Cc2cccc(N)c2)c(C)cc1Cl. The van der Waals surface area contributed by atoms with Crippen LogP contribution in [0.3, 0.4) is 0 Å². The van der Waals surface area contributed by atoms with Gasteiger partial charge in [-0.2, -0.15) is 0 Å². The summed E-state index contributed by atoms with van der Waals surface area (Å²) in [6.07, 6.45) is 0. The summed E-state index contributed by atoms with van der Waals surface area (Å²) in [5.74, 6) is 6.28. The minimum Gasteiger partial charge on any atom is -0.399 e. The summed E-state index contributed by atoms with van der Waals surface area (Å²) in [7, 11) is 0. The number of rotatable bonds is 0. The van der Waals surface area contributed by atoms with E-state index in [9.17, 15) is 0 Å². The molecule has 0 aliphatic rings. The van der Waals surface area contributed by atoms with Crippen LogP contribution in [0.15, 0.2) is 36.4 Å². The number of nitrogens with two attached hydrogens (primary N) is 1. The van der Waals surface area contributed by atoms with E-state index < -0.39 is 0 Å². The number of aryl methyl sites for hydroxylation is 2. The van der Waals surface area contributed by atoms with Crippen LogP contribution in [-0.2, 0) is 0 Å². The smallest absolute Gasteiger partial charge is 0.0438 e. The quantitative estimate of drug-likeness (QED) is 0.560. The van der Waals surface area contributed by atoms with E-state index >= 15 is 0 Å². The van der Waals surface area contributed by atoms with Gasteiger partial charge in [0, 0.05) is 21.8 Å². The molecule has 0 amide bonds. The summed E-state index contributed by atoms with van der Waals surface area (Å²) in [6, 6.07) is 11.5. The Kier molecular flexibility index (Phi) is 3.60. The fourth-order valence-corrected chi connectivity index (χ4v) is 1.89. The molecule has 0 saturated carbocycles. The molecule has 0 saturated heterocycles. The number of hydrogen-bond donors (Lipinski definition) is 1.